The number of pyridine rings is 1. The van der Waals surface area contributed by atoms with E-state index in [0.29, 0.717) is 44.5 Å². The lowest BCUT2D eigenvalue weighted by atomic mass is 10.1. The lowest BCUT2D eigenvalue weighted by molar-refractivity contribution is 0.0256. The number of methoxy groups -OCH3 is 3. The molecule has 0 bridgehead atoms. The predicted molar refractivity (Wildman–Crippen MR) is 130 cm³/mol. The first-order valence-electron chi connectivity index (χ1n) is 9.96. The van der Waals surface area contributed by atoms with Crippen LogP contribution in [0.15, 0.2) is 23.5 Å². The third kappa shape index (κ3) is 4.05. The quantitative estimate of drug-likeness (QED) is 0.335. The molecule has 2 aromatic heterocycles. The molecule has 1 fully saturated rings. The summed E-state index contributed by atoms with van der Waals surface area (Å²) in [4.78, 5) is 16.4. The SMILES string of the molecule is COc1cc(OC)c(Cl)c(-c2cc3cnc(SC)nc3c(N3CCC(C)(OC)C3)n2)c1Cl. The van der Waals surface area contributed by atoms with E-state index < -0.39 is 0 Å². The van der Waals surface area contributed by atoms with E-state index in [-0.39, 0.29) is 5.60 Å². The molecule has 1 aliphatic heterocycles. The Morgan fingerprint density at radius 2 is 1.75 bits per heavy atom. The molecule has 0 spiro atoms. The number of aromatic nitrogens is 3. The summed E-state index contributed by atoms with van der Waals surface area (Å²) in [6.07, 6.45) is 4.63. The van der Waals surface area contributed by atoms with Crippen molar-refractivity contribution in [2.75, 3.05) is 45.6 Å². The van der Waals surface area contributed by atoms with E-state index in [0.717, 1.165) is 29.7 Å². The first kappa shape index (κ1) is 23.2. The molecule has 3 heterocycles. The van der Waals surface area contributed by atoms with Gasteiger partial charge in [0.2, 0.25) is 0 Å². The highest BCUT2D eigenvalue weighted by atomic mass is 35.5. The molecule has 1 aromatic carbocycles. The van der Waals surface area contributed by atoms with Crippen LogP contribution in [0.2, 0.25) is 10.0 Å². The smallest absolute Gasteiger partial charge is 0.187 e. The average Bonchev–Trinajstić information content (AvgIpc) is 3.21. The van der Waals surface area contributed by atoms with Gasteiger partial charge in [0.25, 0.3) is 0 Å². The van der Waals surface area contributed by atoms with Gasteiger partial charge in [-0.05, 0) is 25.7 Å². The van der Waals surface area contributed by atoms with Crippen molar-refractivity contribution in [1.29, 1.82) is 0 Å². The summed E-state index contributed by atoms with van der Waals surface area (Å²) >= 11 is 14.9. The minimum absolute atomic E-state index is 0.256. The highest BCUT2D eigenvalue weighted by Gasteiger charge is 2.35. The molecule has 1 atom stereocenters. The second kappa shape index (κ2) is 9.09. The zero-order valence-electron chi connectivity index (χ0n) is 18.5. The van der Waals surface area contributed by atoms with Crippen LogP contribution in [0.5, 0.6) is 11.5 Å². The Hall–Kier alpha value is -2.00. The van der Waals surface area contributed by atoms with Gasteiger partial charge in [-0.1, -0.05) is 35.0 Å². The van der Waals surface area contributed by atoms with Crippen molar-refractivity contribution in [3.05, 3.63) is 28.4 Å². The molecule has 10 heteroatoms. The van der Waals surface area contributed by atoms with Crippen molar-refractivity contribution < 1.29 is 14.2 Å². The van der Waals surface area contributed by atoms with Crippen LogP contribution in [-0.2, 0) is 4.74 Å². The van der Waals surface area contributed by atoms with E-state index in [1.165, 1.54) is 11.8 Å². The van der Waals surface area contributed by atoms with Crippen LogP contribution in [0, 0.1) is 0 Å². The minimum Gasteiger partial charge on any atom is -0.495 e. The maximum Gasteiger partial charge on any atom is 0.187 e. The first-order valence-corrected chi connectivity index (χ1v) is 11.9. The molecule has 0 N–H and O–H groups in total. The second-order valence-corrected chi connectivity index (χ2v) is 9.26. The predicted octanol–water partition coefficient (Wildman–Crippen LogP) is 5.35. The Labute approximate surface area is 201 Å². The van der Waals surface area contributed by atoms with Crippen molar-refractivity contribution in [2.24, 2.45) is 0 Å². The van der Waals surface area contributed by atoms with Gasteiger partial charge in [-0.2, -0.15) is 0 Å². The number of hydrogen-bond donors (Lipinski definition) is 0. The lowest BCUT2D eigenvalue weighted by Crippen LogP contribution is -2.32. The van der Waals surface area contributed by atoms with E-state index >= 15 is 0 Å². The molecule has 0 amide bonds. The Morgan fingerprint density at radius 1 is 1.06 bits per heavy atom. The minimum atomic E-state index is -0.256. The Kier molecular flexibility index (Phi) is 6.58. The van der Waals surface area contributed by atoms with Crippen molar-refractivity contribution in [2.45, 2.75) is 24.1 Å². The Balaban J connectivity index is 1.97. The summed E-state index contributed by atoms with van der Waals surface area (Å²) in [6, 6.07) is 3.55. The molecular weight excluding hydrogens is 471 g/mol. The maximum absolute atomic E-state index is 6.68. The third-order valence-corrected chi connectivity index (χ3v) is 7.08. The van der Waals surface area contributed by atoms with Gasteiger partial charge < -0.3 is 19.1 Å². The number of rotatable bonds is 6. The van der Waals surface area contributed by atoms with Crippen molar-refractivity contribution in [3.8, 4) is 22.8 Å². The van der Waals surface area contributed by atoms with Crippen molar-refractivity contribution in [3.63, 3.8) is 0 Å². The van der Waals surface area contributed by atoms with E-state index in [4.69, 9.17) is 47.4 Å². The number of nitrogens with zero attached hydrogens (tertiary/aromatic N) is 4. The van der Waals surface area contributed by atoms with Gasteiger partial charge in [0.1, 0.15) is 17.0 Å². The zero-order valence-corrected chi connectivity index (χ0v) is 20.9. The van der Waals surface area contributed by atoms with Crippen LogP contribution in [0.25, 0.3) is 22.2 Å². The van der Waals surface area contributed by atoms with Crippen LogP contribution in [0.4, 0.5) is 5.82 Å². The molecule has 170 valence electrons. The molecule has 0 saturated carbocycles. The number of anilines is 1. The van der Waals surface area contributed by atoms with Crippen molar-refractivity contribution in [1.82, 2.24) is 15.0 Å². The van der Waals surface area contributed by atoms with Gasteiger partial charge in [-0.3, -0.25) is 0 Å². The highest BCUT2D eigenvalue weighted by Crippen LogP contribution is 2.46. The molecule has 7 nitrogen and oxygen atoms in total. The van der Waals surface area contributed by atoms with Crippen LogP contribution in [-0.4, -0.2) is 61.2 Å². The van der Waals surface area contributed by atoms with E-state index in [2.05, 4.69) is 16.8 Å². The van der Waals surface area contributed by atoms with Gasteiger partial charge in [-0.15, -0.1) is 0 Å². The molecule has 4 rings (SSSR count). The van der Waals surface area contributed by atoms with E-state index in [1.54, 1.807) is 33.6 Å². The Bertz CT molecular complexity index is 1150. The standard InChI is InChI=1S/C22H24Cl2N4O3S/c1-22(31-4)6-7-28(11-22)20-19-12(10-25-21(27-19)32-5)8-13(26-20)16-17(23)14(29-2)9-15(30-3)18(16)24/h8-10H,6-7,11H2,1-5H3. The fraction of sp³-hybridized carbons (Fsp3) is 0.409. The summed E-state index contributed by atoms with van der Waals surface area (Å²) in [5, 5.41) is 2.24. The number of hydrogen-bond acceptors (Lipinski definition) is 8. The zero-order chi connectivity index (χ0) is 23.0. The summed E-state index contributed by atoms with van der Waals surface area (Å²) in [5.74, 6) is 1.65. The Morgan fingerprint density at radius 3 is 2.31 bits per heavy atom. The van der Waals surface area contributed by atoms with E-state index in [1.807, 2.05) is 12.3 Å². The molecular formula is C22H24Cl2N4O3S. The van der Waals surface area contributed by atoms with Crippen LogP contribution in [0.3, 0.4) is 0 Å². The van der Waals surface area contributed by atoms with Gasteiger partial charge >= 0.3 is 0 Å². The molecule has 0 aliphatic carbocycles. The molecule has 0 radical (unpaired) electrons. The lowest BCUT2D eigenvalue weighted by Gasteiger charge is -2.24. The largest absolute Gasteiger partial charge is 0.495 e. The third-order valence-electron chi connectivity index (χ3n) is 5.77. The van der Waals surface area contributed by atoms with E-state index in [9.17, 15) is 0 Å². The summed E-state index contributed by atoms with van der Waals surface area (Å²) in [5.41, 5.74) is 1.64. The van der Waals surface area contributed by atoms with Crippen molar-refractivity contribution >= 4 is 51.7 Å². The highest BCUT2D eigenvalue weighted by molar-refractivity contribution is 7.98. The molecule has 3 aromatic rings. The first-order chi connectivity index (χ1) is 15.3. The van der Waals surface area contributed by atoms with Gasteiger partial charge in [-0.25, -0.2) is 15.0 Å². The van der Waals surface area contributed by atoms with Crippen LogP contribution < -0.4 is 14.4 Å². The molecule has 1 unspecified atom stereocenters. The van der Waals surface area contributed by atoms with Crippen LogP contribution in [0.1, 0.15) is 13.3 Å². The number of thioether (sulfide) groups is 1. The normalized spacial score (nSPS) is 18.4. The maximum atomic E-state index is 6.68. The molecule has 1 aliphatic rings. The monoisotopic (exact) mass is 494 g/mol. The fourth-order valence-electron chi connectivity index (χ4n) is 3.84. The fourth-order valence-corrected chi connectivity index (χ4v) is 4.88. The summed E-state index contributed by atoms with van der Waals surface area (Å²) in [6.45, 7) is 3.58. The van der Waals surface area contributed by atoms with Gasteiger partial charge in [0.05, 0.1) is 35.6 Å². The number of benzene rings is 1. The number of ether oxygens (including phenoxy) is 3. The van der Waals surface area contributed by atoms with Crippen LogP contribution >= 0.6 is 35.0 Å². The topological polar surface area (TPSA) is 69.6 Å². The second-order valence-electron chi connectivity index (χ2n) is 7.74. The molecule has 1 saturated heterocycles. The summed E-state index contributed by atoms with van der Waals surface area (Å²) < 4.78 is 16.6. The average molecular weight is 495 g/mol. The van der Waals surface area contributed by atoms with Gasteiger partial charge in [0.15, 0.2) is 11.0 Å². The number of fused-ring (bicyclic) bond motifs is 1. The van der Waals surface area contributed by atoms with Gasteiger partial charge in [0, 0.05) is 43.4 Å². The number of halogens is 2. The summed E-state index contributed by atoms with van der Waals surface area (Å²) in [7, 11) is 4.83. The molecule has 32 heavy (non-hydrogen) atoms.